The van der Waals surface area contributed by atoms with Crippen LogP contribution < -0.4 is 0 Å². The highest BCUT2D eigenvalue weighted by atomic mass is 79.9. The van der Waals surface area contributed by atoms with E-state index in [1.165, 1.54) is 11.8 Å². The minimum atomic E-state index is -0.943. The first-order valence-corrected chi connectivity index (χ1v) is 7.14. The number of ether oxygens (including phenoxy) is 1. The molecular weight excluding hydrogens is 364 g/mol. The van der Waals surface area contributed by atoms with Gasteiger partial charge in [-0.1, -0.05) is 27.5 Å². The quantitative estimate of drug-likeness (QED) is 0.833. The highest BCUT2D eigenvalue weighted by molar-refractivity contribution is 9.10. The van der Waals surface area contributed by atoms with Crippen LogP contribution in [-0.4, -0.2) is 44.5 Å². The monoisotopic (exact) mass is 374 g/mol. The molecule has 1 atom stereocenters. The molecule has 0 fully saturated rings. The number of tetrazole rings is 1. The Morgan fingerprint density at radius 3 is 2.90 bits per heavy atom. The van der Waals surface area contributed by atoms with Crippen molar-refractivity contribution < 1.29 is 14.6 Å². The maximum absolute atomic E-state index is 10.8. The van der Waals surface area contributed by atoms with Crippen LogP contribution in [0, 0.1) is 0 Å². The van der Waals surface area contributed by atoms with E-state index in [4.69, 9.17) is 21.4 Å². The third-order valence-electron chi connectivity index (χ3n) is 2.76. The number of hydrogen-bond donors (Lipinski definition) is 1. The number of halogens is 2. The van der Waals surface area contributed by atoms with Gasteiger partial charge >= 0.3 is 5.97 Å². The van der Waals surface area contributed by atoms with E-state index in [2.05, 4.69) is 31.5 Å². The molecule has 0 spiro atoms. The topological polar surface area (TPSA) is 90.1 Å². The number of aliphatic carboxylic acids is 1. The molecule has 0 aliphatic rings. The van der Waals surface area contributed by atoms with Gasteiger partial charge in [0.05, 0.1) is 19.1 Å². The second-order valence-electron chi connectivity index (χ2n) is 4.30. The third-order valence-corrected chi connectivity index (χ3v) is 3.44. The maximum Gasteiger partial charge on any atom is 0.306 e. The number of rotatable bonds is 6. The molecule has 1 aromatic heterocycles. The van der Waals surface area contributed by atoms with Crippen LogP contribution in [0.3, 0.4) is 0 Å². The zero-order valence-electron chi connectivity index (χ0n) is 11.0. The molecule has 9 heteroatoms. The fraction of sp³-hybridized carbons (Fsp3) is 0.333. The molecule has 2 aromatic rings. The highest BCUT2D eigenvalue weighted by Gasteiger charge is 2.17. The van der Waals surface area contributed by atoms with E-state index < -0.39 is 12.1 Å². The van der Waals surface area contributed by atoms with Crippen molar-refractivity contribution in [2.75, 3.05) is 7.11 Å². The lowest BCUT2D eigenvalue weighted by Gasteiger charge is -2.13. The fourth-order valence-corrected chi connectivity index (χ4v) is 2.69. The van der Waals surface area contributed by atoms with E-state index in [-0.39, 0.29) is 13.0 Å². The second kappa shape index (κ2) is 6.97. The molecule has 0 radical (unpaired) electrons. The second-order valence-corrected chi connectivity index (χ2v) is 5.65. The van der Waals surface area contributed by atoms with Crippen molar-refractivity contribution in [3.05, 3.63) is 27.7 Å². The molecule has 2 rings (SSSR count). The molecule has 0 bridgehead atoms. The van der Waals surface area contributed by atoms with Crippen molar-refractivity contribution in [1.82, 2.24) is 20.2 Å². The Morgan fingerprint density at radius 1 is 1.52 bits per heavy atom. The van der Waals surface area contributed by atoms with Gasteiger partial charge in [0.2, 0.25) is 0 Å². The van der Waals surface area contributed by atoms with Gasteiger partial charge in [-0.25, -0.2) is 4.68 Å². The number of benzene rings is 1. The summed E-state index contributed by atoms with van der Waals surface area (Å²) in [6.07, 6.45) is -0.651. The molecule has 0 aliphatic heterocycles. The Bertz CT molecular complexity index is 629. The molecule has 7 nitrogen and oxygen atoms in total. The zero-order chi connectivity index (χ0) is 15.4. The summed E-state index contributed by atoms with van der Waals surface area (Å²) < 4.78 is 7.43. The number of carboxylic acids is 1. The van der Waals surface area contributed by atoms with Gasteiger partial charge in [0, 0.05) is 22.2 Å². The lowest BCUT2D eigenvalue weighted by molar-refractivity contribution is -0.139. The Morgan fingerprint density at radius 2 is 2.29 bits per heavy atom. The van der Waals surface area contributed by atoms with Crippen molar-refractivity contribution in [3.8, 4) is 11.4 Å². The Balaban J connectivity index is 2.27. The summed E-state index contributed by atoms with van der Waals surface area (Å²) in [5.74, 6) is -0.451. The minimum Gasteiger partial charge on any atom is -0.481 e. The normalized spacial score (nSPS) is 12.3. The molecule has 0 amide bonds. The van der Waals surface area contributed by atoms with Crippen LogP contribution in [0.2, 0.25) is 5.02 Å². The van der Waals surface area contributed by atoms with Gasteiger partial charge in [-0.3, -0.25) is 4.79 Å². The van der Waals surface area contributed by atoms with Crippen LogP contribution >= 0.6 is 27.5 Å². The molecule has 112 valence electrons. The van der Waals surface area contributed by atoms with Gasteiger partial charge in [-0.15, -0.1) is 5.10 Å². The van der Waals surface area contributed by atoms with Crippen LogP contribution in [0.25, 0.3) is 11.4 Å². The summed E-state index contributed by atoms with van der Waals surface area (Å²) in [5, 5.41) is 20.8. The molecule has 1 heterocycles. The average Bonchev–Trinajstić information content (AvgIpc) is 2.84. The van der Waals surface area contributed by atoms with E-state index in [1.54, 1.807) is 12.1 Å². The van der Waals surface area contributed by atoms with E-state index >= 15 is 0 Å². The predicted octanol–water partition coefficient (Wildman–Crippen LogP) is 2.25. The minimum absolute atomic E-state index is 0.130. The van der Waals surface area contributed by atoms with E-state index in [1.807, 2.05) is 6.07 Å². The molecule has 1 N–H and O–H groups in total. The summed E-state index contributed by atoms with van der Waals surface area (Å²) in [5.41, 5.74) is 0.726. The van der Waals surface area contributed by atoms with Gasteiger partial charge in [-0.2, -0.15) is 0 Å². The van der Waals surface area contributed by atoms with Crippen LogP contribution in [-0.2, 0) is 16.1 Å². The van der Waals surface area contributed by atoms with Crippen LogP contribution in [0.4, 0.5) is 0 Å². The lowest BCUT2D eigenvalue weighted by atomic mass is 10.2. The molecule has 1 aromatic carbocycles. The lowest BCUT2D eigenvalue weighted by Crippen LogP contribution is -2.23. The molecule has 21 heavy (non-hydrogen) atoms. The van der Waals surface area contributed by atoms with Crippen molar-refractivity contribution in [1.29, 1.82) is 0 Å². The van der Waals surface area contributed by atoms with Gasteiger partial charge in [0.25, 0.3) is 0 Å². The number of methoxy groups -OCH3 is 1. The Kier molecular flexibility index (Phi) is 5.27. The van der Waals surface area contributed by atoms with Crippen molar-refractivity contribution in [3.63, 3.8) is 0 Å². The number of nitrogens with zero attached hydrogens (tertiary/aromatic N) is 4. The molecule has 0 saturated heterocycles. The first-order chi connectivity index (χ1) is 9.99. The van der Waals surface area contributed by atoms with E-state index in [9.17, 15) is 4.79 Å². The maximum atomic E-state index is 10.8. The highest BCUT2D eigenvalue weighted by Crippen LogP contribution is 2.26. The van der Waals surface area contributed by atoms with Crippen molar-refractivity contribution in [2.45, 2.75) is 19.1 Å². The molecule has 0 aliphatic carbocycles. The van der Waals surface area contributed by atoms with Crippen LogP contribution in [0.15, 0.2) is 22.7 Å². The molecule has 0 saturated carbocycles. The van der Waals surface area contributed by atoms with E-state index in [0.717, 1.165) is 10.0 Å². The fourth-order valence-electron chi connectivity index (χ4n) is 1.83. The summed E-state index contributed by atoms with van der Waals surface area (Å²) in [7, 11) is 1.45. The molecular formula is C12H12BrClN4O3. The average molecular weight is 376 g/mol. The third kappa shape index (κ3) is 4.23. The van der Waals surface area contributed by atoms with Gasteiger partial charge < -0.3 is 9.84 Å². The van der Waals surface area contributed by atoms with Crippen LogP contribution in [0.1, 0.15) is 6.42 Å². The summed E-state index contributed by atoms with van der Waals surface area (Å²) >= 11 is 9.37. The van der Waals surface area contributed by atoms with Gasteiger partial charge in [-0.05, 0) is 28.6 Å². The van der Waals surface area contributed by atoms with Crippen LogP contribution in [0.5, 0.6) is 0 Å². The standard InChI is InChI=1S/C12H12BrClN4O3/c1-21-10(5-11(19)20)6-18-12(15-16-17-18)7-2-8(13)4-9(14)3-7/h2-4,10H,5-6H2,1H3,(H,19,20). The number of aromatic nitrogens is 4. The smallest absolute Gasteiger partial charge is 0.306 e. The first-order valence-electron chi connectivity index (χ1n) is 5.97. The van der Waals surface area contributed by atoms with Crippen molar-refractivity contribution in [2.24, 2.45) is 0 Å². The summed E-state index contributed by atoms with van der Waals surface area (Å²) in [4.78, 5) is 10.8. The number of carboxylic acid groups (broad SMARTS) is 1. The largest absolute Gasteiger partial charge is 0.481 e. The predicted molar refractivity (Wildman–Crippen MR) is 79.0 cm³/mol. The van der Waals surface area contributed by atoms with Gasteiger partial charge in [0.1, 0.15) is 0 Å². The first kappa shape index (κ1) is 15.9. The summed E-state index contributed by atoms with van der Waals surface area (Å²) in [6, 6.07) is 5.31. The number of hydrogen-bond acceptors (Lipinski definition) is 5. The van der Waals surface area contributed by atoms with Crippen molar-refractivity contribution >= 4 is 33.5 Å². The van der Waals surface area contributed by atoms with Gasteiger partial charge in [0.15, 0.2) is 5.82 Å². The SMILES string of the molecule is COC(CC(=O)O)Cn1nnnc1-c1cc(Cl)cc(Br)c1. The Labute approximate surface area is 134 Å². The zero-order valence-corrected chi connectivity index (χ0v) is 13.4. The number of carbonyl (C=O) groups is 1. The van der Waals surface area contributed by atoms with E-state index in [0.29, 0.717) is 10.8 Å². The molecule has 1 unspecified atom stereocenters. The Hall–Kier alpha value is -1.51. The summed E-state index contributed by atoms with van der Waals surface area (Å²) in [6.45, 7) is 0.231.